The first-order valence-electron chi connectivity index (χ1n) is 4.76. The molecule has 5 heteroatoms. The molecule has 0 fully saturated rings. The summed E-state index contributed by atoms with van der Waals surface area (Å²) in [4.78, 5) is 0. The van der Waals surface area contributed by atoms with Gasteiger partial charge in [0.2, 0.25) is 0 Å². The molecule has 0 saturated heterocycles. The van der Waals surface area contributed by atoms with E-state index in [1.165, 1.54) is 6.26 Å². The molecule has 1 unspecified atom stereocenters. The van der Waals surface area contributed by atoms with Crippen molar-refractivity contribution in [3.05, 3.63) is 0 Å². The topological polar surface area (TPSA) is 66.4 Å². The van der Waals surface area contributed by atoms with E-state index in [0.29, 0.717) is 13.1 Å². The zero-order chi connectivity index (χ0) is 11.4. The van der Waals surface area contributed by atoms with Gasteiger partial charge in [-0.25, -0.2) is 8.42 Å². The number of aliphatic hydroxyl groups is 1. The van der Waals surface area contributed by atoms with E-state index in [-0.39, 0.29) is 11.7 Å². The van der Waals surface area contributed by atoms with Gasteiger partial charge in [0.25, 0.3) is 0 Å². The summed E-state index contributed by atoms with van der Waals surface area (Å²) < 4.78 is 21.6. The van der Waals surface area contributed by atoms with Crippen LogP contribution in [-0.4, -0.2) is 44.2 Å². The van der Waals surface area contributed by atoms with E-state index in [1.54, 1.807) is 6.92 Å². The summed E-state index contributed by atoms with van der Waals surface area (Å²) in [6.07, 6.45) is 1.20. The van der Waals surface area contributed by atoms with Crippen molar-refractivity contribution < 1.29 is 13.5 Å². The molecule has 0 aliphatic heterocycles. The maximum atomic E-state index is 10.8. The average molecular weight is 223 g/mol. The molecule has 0 radical (unpaired) electrons. The fourth-order valence-electron chi connectivity index (χ4n) is 0.803. The van der Waals surface area contributed by atoms with Crippen LogP contribution in [0.4, 0.5) is 0 Å². The average Bonchev–Trinajstić information content (AvgIpc) is 1.96. The Morgan fingerprint density at radius 1 is 1.43 bits per heavy atom. The third kappa shape index (κ3) is 6.34. The van der Waals surface area contributed by atoms with Crippen molar-refractivity contribution in [3.63, 3.8) is 0 Å². The van der Waals surface area contributed by atoms with Crippen molar-refractivity contribution in [2.24, 2.45) is 5.92 Å². The van der Waals surface area contributed by atoms with Crippen LogP contribution in [-0.2, 0) is 9.84 Å². The summed E-state index contributed by atoms with van der Waals surface area (Å²) >= 11 is 0. The molecular weight excluding hydrogens is 202 g/mol. The fourth-order valence-corrected chi connectivity index (χ4v) is 1.32. The Kier molecular flexibility index (Phi) is 5.05. The van der Waals surface area contributed by atoms with Gasteiger partial charge in [-0.3, -0.25) is 0 Å². The first-order valence-corrected chi connectivity index (χ1v) is 6.82. The molecule has 0 aliphatic carbocycles. The second-order valence-corrected chi connectivity index (χ2v) is 6.58. The molecule has 4 nitrogen and oxygen atoms in total. The molecule has 1 atom stereocenters. The van der Waals surface area contributed by atoms with Crippen LogP contribution in [0.25, 0.3) is 0 Å². The summed E-state index contributed by atoms with van der Waals surface area (Å²) in [5.41, 5.74) is -0.780. The standard InChI is InChI=1S/C9H21NO3S/c1-8(2)9(3,11)7-10-5-6-14(4,12)13/h8,10-11H,5-7H2,1-4H3. The largest absolute Gasteiger partial charge is 0.389 e. The molecule has 0 saturated carbocycles. The van der Waals surface area contributed by atoms with Crippen LogP contribution in [0.3, 0.4) is 0 Å². The number of hydrogen-bond donors (Lipinski definition) is 2. The maximum Gasteiger partial charge on any atom is 0.148 e. The lowest BCUT2D eigenvalue weighted by atomic mass is 9.93. The third-order valence-corrected chi connectivity index (χ3v) is 3.32. The zero-order valence-corrected chi connectivity index (χ0v) is 10.2. The third-order valence-electron chi connectivity index (χ3n) is 2.38. The summed E-state index contributed by atoms with van der Waals surface area (Å²) in [6, 6.07) is 0. The number of hydrogen-bond acceptors (Lipinski definition) is 4. The van der Waals surface area contributed by atoms with Crippen molar-refractivity contribution >= 4 is 9.84 Å². The van der Waals surface area contributed by atoms with Gasteiger partial charge in [0.1, 0.15) is 9.84 Å². The SMILES string of the molecule is CC(C)C(C)(O)CNCCS(C)(=O)=O. The minimum Gasteiger partial charge on any atom is -0.389 e. The lowest BCUT2D eigenvalue weighted by Gasteiger charge is -2.27. The highest BCUT2D eigenvalue weighted by atomic mass is 32.2. The predicted octanol–water partition coefficient (Wildman–Crippen LogP) is 0.0276. The Morgan fingerprint density at radius 3 is 2.29 bits per heavy atom. The van der Waals surface area contributed by atoms with Crippen LogP contribution in [0.15, 0.2) is 0 Å². The van der Waals surface area contributed by atoms with Crippen molar-refractivity contribution in [2.75, 3.05) is 25.1 Å². The van der Waals surface area contributed by atoms with E-state index in [0.717, 1.165) is 0 Å². The van der Waals surface area contributed by atoms with Gasteiger partial charge in [0.15, 0.2) is 0 Å². The minimum absolute atomic E-state index is 0.112. The Hall–Kier alpha value is -0.130. The number of rotatable bonds is 6. The maximum absolute atomic E-state index is 10.8. The van der Waals surface area contributed by atoms with E-state index >= 15 is 0 Å². The molecule has 0 bridgehead atoms. The van der Waals surface area contributed by atoms with Gasteiger partial charge in [0, 0.05) is 19.3 Å². The van der Waals surface area contributed by atoms with E-state index < -0.39 is 15.4 Å². The summed E-state index contributed by atoms with van der Waals surface area (Å²) in [5, 5.41) is 12.7. The van der Waals surface area contributed by atoms with E-state index in [9.17, 15) is 13.5 Å². The number of nitrogens with one attached hydrogen (secondary N) is 1. The van der Waals surface area contributed by atoms with Crippen LogP contribution in [0, 0.1) is 5.92 Å². The Morgan fingerprint density at radius 2 is 1.93 bits per heavy atom. The number of sulfone groups is 1. The van der Waals surface area contributed by atoms with Crippen LogP contribution in [0.2, 0.25) is 0 Å². The second kappa shape index (κ2) is 5.09. The van der Waals surface area contributed by atoms with Gasteiger partial charge in [-0.15, -0.1) is 0 Å². The van der Waals surface area contributed by atoms with Crippen molar-refractivity contribution in [1.82, 2.24) is 5.32 Å². The zero-order valence-electron chi connectivity index (χ0n) is 9.37. The second-order valence-electron chi connectivity index (χ2n) is 4.32. The van der Waals surface area contributed by atoms with Gasteiger partial charge in [0.05, 0.1) is 11.4 Å². The van der Waals surface area contributed by atoms with Gasteiger partial charge < -0.3 is 10.4 Å². The molecule has 0 heterocycles. The van der Waals surface area contributed by atoms with Gasteiger partial charge in [-0.2, -0.15) is 0 Å². The molecule has 0 aromatic heterocycles. The normalized spacial score (nSPS) is 17.0. The Balaban J connectivity index is 3.76. The first-order chi connectivity index (χ1) is 6.15. The van der Waals surface area contributed by atoms with E-state index in [4.69, 9.17) is 0 Å². The van der Waals surface area contributed by atoms with Gasteiger partial charge in [-0.1, -0.05) is 13.8 Å². The van der Waals surface area contributed by atoms with Crippen LogP contribution in [0.5, 0.6) is 0 Å². The molecule has 0 amide bonds. The smallest absolute Gasteiger partial charge is 0.148 e. The molecule has 0 spiro atoms. The fraction of sp³-hybridized carbons (Fsp3) is 1.00. The quantitative estimate of drug-likeness (QED) is 0.623. The van der Waals surface area contributed by atoms with Crippen LogP contribution in [0.1, 0.15) is 20.8 Å². The van der Waals surface area contributed by atoms with Gasteiger partial charge >= 0.3 is 0 Å². The Bertz CT molecular complexity index is 257. The highest BCUT2D eigenvalue weighted by Crippen LogP contribution is 2.14. The first kappa shape index (κ1) is 13.9. The lowest BCUT2D eigenvalue weighted by molar-refractivity contribution is 0.0148. The molecular formula is C9H21NO3S. The summed E-state index contributed by atoms with van der Waals surface area (Å²) in [6.45, 7) is 6.41. The van der Waals surface area contributed by atoms with E-state index in [1.807, 2.05) is 13.8 Å². The molecule has 14 heavy (non-hydrogen) atoms. The van der Waals surface area contributed by atoms with Crippen molar-refractivity contribution in [3.8, 4) is 0 Å². The van der Waals surface area contributed by atoms with Crippen molar-refractivity contribution in [1.29, 1.82) is 0 Å². The molecule has 0 aromatic carbocycles. The molecule has 2 N–H and O–H groups in total. The Labute approximate surface area is 86.6 Å². The molecule has 0 aliphatic rings. The lowest BCUT2D eigenvalue weighted by Crippen LogP contribution is -2.43. The molecule has 0 aromatic rings. The predicted molar refractivity (Wildman–Crippen MR) is 58.0 cm³/mol. The highest BCUT2D eigenvalue weighted by molar-refractivity contribution is 7.90. The van der Waals surface area contributed by atoms with Gasteiger partial charge in [-0.05, 0) is 12.8 Å². The molecule has 86 valence electrons. The monoisotopic (exact) mass is 223 g/mol. The van der Waals surface area contributed by atoms with E-state index in [2.05, 4.69) is 5.32 Å². The highest BCUT2D eigenvalue weighted by Gasteiger charge is 2.23. The molecule has 0 rings (SSSR count). The minimum atomic E-state index is -2.91. The summed E-state index contributed by atoms with van der Waals surface area (Å²) in [5.74, 6) is 0.259. The van der Waals surface area contributed by atoms with Crippen LogP contribution >= 0.6 is 0 Å². The summed E-state index contributed by atoms with van der Waals surface area (Å²) in [7, 11) is -2.91. The van der Waals surface area contributed by atoms with Crippen molar-refractivity contribution in [2.45, 2.75) is 26.4 Å². The van der Waals surface area contributed by atoms with Crippen LogP contribution < -0.4 is 5.32 Å².